The number of rotatable bonds is 7. The molecule has 17 heavy (non-hydrogen) atoms. The van der Waals surface area contributed by atoms with Crippen LogP contribution in [0.3, 0.4) is 0 Å². The number of amides is 1. The molecule has 0 aromatic carbocycles. The summed E-state index contributed by atoms with van der Waals surface area (Å²) in [4.78, 5) is 11.4. The van der Waals surface area contributed by atoms with E-state index in [2.05, 4.69) is 15.7 Å². The van der Waals surface area contributed by atoms with Gasteiger partial charge in [-0.25, -0.2) is 0 Å². The van der Waals surface area contributed by atoms with Gasteiger partial charge < -0.3 is 10.6 Å². The Morgan fingerprint density at radius 1 is 1.59 bits per heavy atom. The van der Waals surface area contributed by atoms with Gasteiger partial charge in [0.05, 0.1) is 19.3 Å². The Morgan fingerprint density at radius 3 is 3.06 bits per heavy atom. The molecule has 1 saturated carbocycles. The lowest BCUT2D eigenvalue weighted by Crippen LogP contribution is -2.36. The second-order valence-electron chi connectivity index (χ2n) is 4.70. The summed E-state index contributed by atoms with van der Waals surface area (Å²) in [6.45, 7) is 4.76. The van der Waals surface area contributed by atoms with Crippen LogP contribution in [0.5, 0.6) is 0 Å². The summed E-state index contributed by atoms with van der Waals surface area (Å²) in [5, 5.41) is 10.2. The molecular formula is C12H20N4O. The molecule has 1 fully saturated rings. The van der Waals surface area contributed by atoms with Crippen molar-refractivity contribution in [1.82, 2.24) is 20.4 Å². The van der Waals surface area contributed by atoms with Crippen molar-refractivity contribution in [3.8, 4) is 0 Å². The molecule has 1 aromatic heterocycles. The van der Waals surface area contributed by atoms with Gasteiger partial charge in [0.2, 0.25) is 5.91 Å². The first-order chi connectivity index (χ1) is 8.24. The maximum absolute atomic E-state index is 11.4. The van der Waals surface area contributed by atoms with E-state index in [-0.39, 0.29) is 5.91 Å². The Balaban J connectivity index is 1.53. The van der Waals surface area contributed by atoms with Gasteiger partial charge in [0.1, 0.15) is 0 Å². The summed E-state index contributed by atoms with van der Waals surface area (Å²) in [7, 11) is 0. The Bertz CT molecular complexity index is 370. The monoisotopic (exact) mass is 236 g/mol. The molecule has 2 N–H and O–H groups in total. The summed E-state index contributed by atoms with van der Waals surface area (Å²) in [6.07, 6.45) is 6.41. The van der Waals surface area contributed by atoms with E-state index in [9.17, 15) is 4.79 Å². The molecule has 1 aromatic rings. The summed E-state index contributed by atoms with van der Waals surface area (Å²) >= 11 is 0. The predicted octanol–water partition coefficient (Wildman–Crippen LogP) is 0.307. The number of nitrogens with zero attached hydrogens (tertiary/aromatic N) is 2. The number of carbonyl (C=O) groups is 1. The minimum Gasteiger partial charge on any atom is -0.353 e. The molecule has 0 saturated heterocycles. The van der Waals surface area contributed by atoms with Gasteiger partial charge in [-0.15, -0.1) is 0 Å². The molecule has 1 aliphatic carbocycles. The van der Waals surface area contributed by atoms with Gasteiger partial charge in [-0.2, -0.15) is 5.10 Å². The second kappa shape index (κ2) is 5.82. The second-order valence-corrected chi connectivity index (χ2v) is 4.70. The van der Waals surface area contributed by atoms with Crippen LogP contribution < -0.4 is 10.6 Å². The van der Waals surface area contributed by atoms with Crippen LogP contribution in [0.2, 0.25) is 0 Å². The molecular weight excluding hydrogens is 216 g/mol. The van der Waals surface area contributed by atoms with Gasteiger partial charge >= 0.3 is 0 Å². The summed E-state index contributed by atoms with van der Waals surface area (Å²) in [5.74, 6) is 0.879. The lowest BCUT2D eigenvalue weighted by atomic mass is 10.4. The average Bonchev–Trinajstić information content (AvgIpc) is 3.02. The zero-order valence-electron chi connectivity index (χ0n) is 10.3. The Morgan fingerprint density at radius 2 is 2.41 bits per heavy atom. The Kier molecular flexibility index (Phi) is 4.14. The minimum atomic E-state index is 0.0644. The van der Waals surface area contributed by atoms with Gasteiger partial charge in [-0.1, -0.05) is 0 Å². The molecule has 0 spiro atoms. The van der Waals surface area contributed by atoms with Gasteiger partial charge in [0, 0.05) is 12.7 Å². The largest absolute Gasteiger partial charge is 0.353 e. The van der Waals surface area contributed by atoms with Crippen LogP contribution >= 0.6 is 0 Å². The third-order valence-corrected chi connectivity index (χ3v) is 2.84. The SMILES string of the molecule is Cc1cnn(CCNC(=O)CNCC2CC2)c1. The standard InChI is InChI=1S/C12H20N4O/c1-10-6-15-16(9-10)5-4-14-12(17)8-13-7-11-2-3-11/h6,9,11,13H,2-5,7-8H2,1H3,(H,14,17). The molecule has 0 unspecified atom stereocenters. The maximum atomic E-state index is 11.4. The Hall–Kier alpha value is -1.36. The van der Waals surface area contributed by atoms with E-state index >= 15 is 0 Å². The lowest BCUT2D eigenvalue weighted by molar-refractivity contribution is -0.120. The molecule has 0 bridgehead atoms. The molecule has 0 aliphatic heterocycles. The van der Waals surface area contributed by atoms with Crippen molar-refractivity contribution in [2.24, 2.45) is 5.92 Å². The molecule has 1 aliphatic rings. The number of carbonyl (C=O) groups excluding carboxylic acids is 1. The van der Waals surface area contributed by atoms with Gasteiger partial charge in [-0.05, 0) is 37.8 Å². The fourth-order valence-electron chi connectivity index (χ4n) is 1.67. The third-order valence-electron chi connectivity index (χ3n) is 2.84. The lowest BCUT2D eigenvalue weighted by Gasteiger charge is -2.06. The predicted molar refractivity (Wildman–Crippen MR) is 65.6 cm³/mol. The summed E-state index contributed by atoms with van der Waals surface area (Å²) in [5.41, 5.74) is 1.14. The fourth-order valence-corrected chi connectivity index (χ4v) is 1.67. The van der Waals surface area contributed by atoms with Crippen LogP contribution in [-0.4, -0.2) is 35.3 Å². The molecule has 94 valence electrons. The minimum absolute atomic E-state index is 0.0644. The van der Waals surface area contributed by atoms with Crippen LogP contribution in [0.4, 0.5) is 0 Å². The molecule has 5 heteroatoms. The first-order valence-corrected chi connectivity index (χ1v) is 6.20. The van der Waals surface area contributed by atoms with E-state index in [1.54, 1.807) is 0 Å². The zero-order chi connectivity index (χ0) is 12.1. The molecule has 0 atom stereocenters. The van der Waals surface area contributed by atoms with Gasteiger partial charge in [-0.3, -0.25) is 9.48 Å². The van der Waals surface area contributed by atoms with Crippen molar-refractivity contribution in [1.29, 1.82) is 0 Å². The van der Waals surface area contributed by atoms with Crippen molar-refractivity contribution in [3.63, 3.8) is 0 Å². The van der Waals surface area contributed by atoms with E-state index in [1.807, 2.05) is 24.0 Å². The average molecular weight is 236 g/mol. The normalized spacial score (nSPS) is 14.9. The first kappa shape index (κ1) is 12.1. The number of aromatic nitrogens is 2. The molecule has 1 heterocycles. The highest BCUT2D eigenvalue weighted by molar-refractivity contribution is 5.77. The van der Waals surface area contributed by atoms with Crippen molar-refractivity contribution < 1.29 is 4.79 Å². The summed E-state index contributed by atoms with van der Waals surface area (Å²) < 4.78 is 1.84. The first-order valence-electron chi connectivity index (χ1n) is 6.20. The highest BCUT2D eigenvalue weighted by Crippen LogP contribution is 2.27. The maximum Gasteiger partial charge on any atom is 0.234 e. The van der Waals surface area contributed by atoms with E-state index in [1.165, 1.54) is 12.8 Å². The topological polar surface area (TPSA) is 59.0 Å². The highest BCUT2D eigenvalue weighted by Gasteiger charge is 2.20. The molecule has 0 radical (unpaired) electrons. The van der Waals surface area contributed by atoms with Crippen LogP contribution in [0.15, 0.2) is 12.4 Å². The van der Waals surface area contributed by atoms with E-state index < -0.39 is 0 Å². The van der Waals surface area contributed by atoms with E-state index in [0.29, 0.717) is 13.1 Å². The number of hydrogen-bond donors (Lipinski definition) is 2. The van der Waals surface area contributed by atoms with E-state index in [0.717, 1.165) is 24.6 Å². The molecule has 5 nitrogen and oxygen atoms in total. The van der Waals surface area contributed by atoms with Crippen molar-refractivity contribution in [2.45, 2.75) is 26.3 Å². The highest BCUT2D eigenvalue weighted by atomic mass is 16.1. The fraction of sp³-hybridized carbons (Fsp3) is 0.667. The molecule has 2 rings (SSSR count). The summed E-state index contributed by atoms with van der Waals surface area (Å²) in [6, 6.07) is 0. The molecule has 1 amide bonds. The smallest absolute Gasteiger partial charge is 0.234 e. The van der Waals surface area contributed by atoms with Crippen LogP contribution in [0, 0.1) is 12.8 Å². The van der Waals surface area contributed by atoms with Crippen molar-refractivity contribution >= 4 is 5.91 Å². The number of nitrogens with one attached hydrogen (secondary N) is 2. The van der Waals surface area contributed by atoms with Crippen molar-refractivity contribution in [3.05, 3.63) is 18.0 Å². The number of aryl methyl sites for hydroxylation is 1. The van der Waals surface area contributed by atoms with Gasteiger partial charge in [0.15, 0.2) is 0 Å². The van der Waals surface area contributed by atoms with E-state index in [4.69, 9.17) is 0 Å². The number of hydrogen-bond acceptors (Lipinski definition) is 3. The van der Waals surface area contributed by atoms with Gasteiger partial charge in [0.25, 0.3) is 0 Å². The third kappa shape index (κ3) is 4.56. The Labute approximate surface area is 102 Å². The van der Waals surface area contributed by atoms with Crippen LogP contribution in [0.25, 0.3) is 0 Å². The van der Waals surface area contributed by atoms with Crippen LogP contribution in [-0.2, 0) is 11.3 Å². The zero-order valence-corrected chi connectivity index (χ0v) is 10.3. The quantitative estimate of drug-likeness (QED) is 0.716. The van der Waals surface area contributed by atoms with Crippen molar-refractivity contribution in [2.75, 3.05) is 19.6 Å². The van der Waals surface area contributed by atoms with Crippen LogP contribution in [0.1, 0.15) is 18.4 Å².